The first-order valence-electron chi connectivity index (χ1n) is 10.6. The highest BCUT2D eigenvalue weighted by molar-refractivity contribution is 5.86. The van der Waals surface area contributed by atoms with Crippen LogP contribution in [0.3, 0.4) is 0 Å². The molecular formula is C24H23N3O3. The van der Waals surface area contributed by atoms with Crippen LogP contribution in [-0.4, -0.2) is 42.1 Å². The zero-order valence-electron chi connectivity index (χ0n) is 16.9. The molecule has 5 heterocycles. The third-order valence-electron chi connectivity index (χ3n) is 6.45. The van der Waals surface area contributed by atoms with Crippen molar-refractivity contribution in [3.63, 3.8) is 0 Å². The van der Waals surface area contributed by atoms with Crippen molar-refractivity contribution < 1.29 is 8.83 Å². The van der Waals surface area contributed by atoms with Crippen LogP contribution < -0.4 is 10.5 Å². The van der Waals surface area contributed by atoms with Crippen molar-refractivity contribution in [2.24, 2.45) is 0 Å². The normalized spacial score (nSPS) is 19.6. The predicted molar refractivity (Wildman–Crippen MR) is 117 cm³/mol. The lowest BCUT2D eigenvalue weighted by Gasteiger charge is -2.38. The van der Waals surface area contributed by atoms with Crippen LogP contribution >= 0.6 is 0 Å². The maximum Gasteiger partial charge on any atom is 0.347 e. The summed E-state index contributed by atoms with van der Waals surface area (Å²) in [6, 6.07) is 14.2. The number of nitrogens with zero attached hydrogens (tertiary/aromatic N) is 3. The van der Waals surface area contributed by atoms with E-state index in [1.807, 2.05) is 37.3 Å². The van der Waals surface area contributed by atoms with Crippen molar-refractivity contribution in [1.82, 2.24) is 9.88 Å². The van der Waals surface area contributed by atoms with E-state index in [2.05, 4.69) is 20.9 Å². The van der Waals surface area contributed by atoms with Crippen LogP contribution in [0.1, 0.15) is 18.5 Å². The highest BCUT2D eigenvalue weighted by Gasteiger charge is 2.30. The Kier molecular flexibility index (Phi) is 3.96. The van der Waals surface area contributed by atoms with Crippen LogP contribution in [0.2, 0.25) is 0 Å². The van der Waals surface area contributed by atoms with Gasteiger partial charge in [-0.05, 0) is 56.6 Å². The fourth-order valence-corrected chi connectivity index (χ4v) is 4.85. The summed E-state index contributed by atoms with van der Waals surface area (Å²) in [6.07, 6.45) is 2.57. The summed E-state index contributed by atoms with van der Waals surface area (Å²) in [5, 5.41) is 0.887. The quantitative estimate of drug-likeness (QED) is 0.469. The molecule has 6 nitrogen and oxygen atoms in total. The van der Waals surface area contributed by atoms with Gasteiger partial charge in [0.2, 0.25) is 0 Å². The summed E-state index contributed by atoms with van der Waals surface area (Å²) in [5.74, 6) is 0.486. The second kappa shape index (κ2) is 6.71. The number of furan rings is 1. The molecule has 0 spiro atoms. The number of fused-ring (bicyclic) bond motifs is 3. The molecule has 1 aromatic carbocycles. The molecular weight excluding hydrogens is 378 g/mol. The van der Waals surface area contributed by atoms with Crippen LogP contribution in [0, 0.1) is 6.92 Å². The molecule has 2 aliphatic rings. The Morgan fingerprint density at radius 2 is 1.93 bits per heavy atom. The Labute approximate surface area is 173 Å². The topological polar surface area (TPSA) is 62.7 Å². The molecule has 0 amide bonds. The van der Waals surface area contributed by atoms with E-state index < -0.39 is 5.63 Å². The predicted octanol–water partition coefficient (Wildman–Crippen LogP) is 4.19. The van der Waals surface area contributed by atoms with Gasteiger partial charge in [-0.25, -0.2) is 9.78 Å². The van der Waals surface area contributed by atoms with Crippen LogP contribution in [-0.2, 0) is 0 Å². The first kappa shape index (κ1) is 17.7. The average molecular weight is 401 g/mol. The summed E-state index contributed by atoms with van der Waals surface area (Å²) >= 11 is 0. The molecule has 2 aliphatic heterocycles. The minimum absolute atomic E-state index is 0.393. The maximum absolute atomic E-state index is 12.7. The van der Waals surface area contributed by atoms with E-state index >= 15 is 0 Å². The van der Waals surface area contributed by atoms with Gasteiger partial charge in [-0.15, -0.1) is 0 Å². The third kappa shape index (κ3) is 2.91. The first-order chi connectivity index (χ1) is 14.6. The zero-order valence-corrected chi connectivity index (χ0v) is 16.9. The van der Waals surface area contributed by atoms with Gasteiger partial charge in [0.25, 0.3) is 0 Å². The SMILES string of the molecule is Cc1ccc2oc(-c3cc4ccc(N5CCN6CCC[C@@H]6C5)cc4oc3=O)cc2n1. The lowest BCUT2D eigenvalue weighted by molar-refractivity contribution is 0.231. The molecule has 0 saturated carbocycles. The molecule has 30 heavy (non-hydrogen) atoms. The van der Waals surface area contributed by atoms with Crippen molar-refractivity contribution in [3.8, 4) is 11.3 Å². The zero-order chi connectivity index (χ0) is 20.2. The van der Waals surface area contributed by atoms with Gasteiger partial charge < -0.3 is 13.7 Å². The minimum atomic E-state index is -0.393. The van der Waals surface area contributed by atoms with Crippen molar-refractivity contribution in [2.45, 2.75) is 25.8 Å². The fourth-order valence-electron chi connectivity index (χ4n) is 4.85. The number of hydrogen-bond donors (Lipinski definition) is 0. The van der Waals surface area contributed by atoms with Crippen LogP contribution in [0.4, 0.5) is 5.69 Å². The molecule has 6 rings (SSSR count). The van der Waals surface area contributed by atoms with E-state index in [0.29, 0.717) is 28.5 Å². The van der Waals surface area contributed by atoms with Gasteiger partial charge in [0.05, 0.1) is 0 Å². The number of pyridine rings is 1. The molecule has 2 fully saturated rings. The largest absolute Gasteiger partial charge is 0.454 e. The number of rotatable bonds is 2. The molecule has 0 N–H and O–H groups in total. The lowest BCUT2D eigenvalue weighted by atomic mass is 10.1. The monoisotopic (exact) mass is 401 g/mol. The molecule has 152 valence electrons. The first-order valence-corrected chi connectivity index (χ1v) is 10.6. The van der Waals surface area contributed by atoms with Gasteiger partial charge >= 0.3 is 5.63 Å². The highest BCUT2D eigenvalue weighted by Crippen LogP contribution is 2.30. The Hall–Kier alpha value is -3.12. The van der Waals surface area contributed by atoms with Crippen LogP contribution in [0.25, 0.3) is 33.4 Å². The Morgan fingerprint density at radius 3 is 2.87 bits per heavy atom. The summed E-state index contributed by atoms with van der Waals surface area (Å²) < 4.78 is 11.6. The smallest absolute Gasteiger partial charge is 0.347 e. The van der Waals surface area contributed by atoms with E-state index in [0.717, 1.165) is 41.9 Å². The van der Waals surface area contributed by atoms with Crippen LogP contribution in [0.5, 0.6) is 0 Å². The summed E-state index contributed by atoms with van der Waals surface area (Å²) in [7, 11) is 0. The van der Waals surface area contributed by atoms with Crippen molar-refractivity contribution in [2.75, 3.05) is 31.1 Å². The van der Waals surface area contributed by atoms with Crippen molar-refractivity contribution in [3.05, 3.63) is 58.6 Å². The van der Waals surface area contributed by atoms with Gasteiger partial charge in [-0.3, -0.25) is 4.90 Å². The van der Waals surface area contributed by atoms with Gasteiger partial charge in [-0.2, -0.15) is 0 Å². The summed E-state index contributed by atoms with van der Waals surface area (Å²) in [5.41, 5.74) is 4.07. The molecule has 4 aromatic rings. The van der Waals surface area contributed by atoms with E-state index in [4.69, 9.17) is 8.83 Å². The van der Waals surface area contributed by atoms with Gasteiger partial charge in [0, 0.05) is 54.6 Å². The molecule has 0 aliphatic carbocycles. The van der Waals surface area contributed by atoms with Gasteiger partial charge in [0.15, 0.2) is 5.58 Å². The number of anilines is 1. The van der Waals surface area contributed by atoms with Crippen molar-refractivity contribution in [1.29, 1.82) is 0 Å². The number of piperazine rings is 1. The Balaban J connectivity index is 1.36. The molecule has 0 bridgehead atoms. The Bertz CT molecular complexity index is 1320. The summed E-state index contributed by atoms with van der Waals surface area (Å²) in [4.78, 5) is 22.2. The van der Waals surface area contributed by atoms with Gasteiger partial charge in [-0.1, -0.05) is 0 Å². The maximum atomic E-state index is 12.7. The van der Waals surface area contributed by atoms with Crippen LogP contribution in [0.15, 0.2) is 56.1 Å². The van der Waals surface area contributed by atoms with E-state index in [1.54, 1.807) is 6.07 Å². The second-order valence-corrected chi connectivity index (χ2v) is 8.39. The third-order valence-corrected chi connectivity index (χ3v) is 6.45. The molecule has 6 heteroatoms. The van der Waals surface area contributed by atoms with E-state index in [-0.39, 0.29) is 0 Å². The minimum Gasteiger partial charge on any atom is -0.454 e. The van der Waals surface area contributed by atoms with Crippen molar-refractivity contribution >= 4 is 27.8 Å². The average Bonchev–Trinajstić information content (AvgIpc) is 3.38. The lowest BCUT2D eigenvalue weighted by Crippen LogP contribution is -2.50. The number of aromatic nitrogens is 1. The van der Waals surface area contributed by atoms with E-state index in [1.165, 1.54) is 19.4 Å². The van der Waals surface area contributed by atoms with Gasteiger partial charge in [0.1, 0.15) is 22.4 Å². The molecule has 2 saturated heterocycles. The second-order valence-electron chi connectivity index (χ2n) is 8.39. The molecule has 0 radical (unpaired) electrons. The number of benzene rings is 1. The number of aryl methyl sites for hydroxylation is 1. The fraction of sp³-hybridized carbons (Fsp3) is 0.333. The summed E-state index contributed by atoms with van der Waals surface area (Å²) in [6.45, 7) is 6.31. The molecule has 0 unspecified atom stereocenters. The highest BCUT2D eigenvalue weighted by atomic mass is 16.4. The molecule has 3 aromatic heterocycles. The Morgan fingerprint density at radius 1 is 1.00 bits per heavy atom. The number of hydrogen-bond acceptors (Lipinski definition) is 6. The molecule has 1 atom stereocenters. The standard InChI is InChI=1S/C24H23N3O3/c1-15-4-7-21-20(25-15)13-23(29-21)19-11-16-5-6-17(12-22(16)30-24(19)28)27-10-9-26-8-2-3-18(26)14-27/h4-7,11-13,18H,2-3,8-10,14H2,1H3/t18-/m1/s1. The van der Waals surface area contributed by atoms with E-state index in [9.17, 15) is 4.79 Å².